The lowest BCUT2D eigenvalue weighted by Gasteiger charge is -1.87. The highest BCUT2D eigenvalue weighted by molar-refractivity contribution is 4.38. The van der Waals surface area contributed by atoms with Crippen LogP contribution in [0, 0.1) is 0 Å². The zero-order chi connectivity index (χ0) is 8.95. The van der Waals surface area contributed by atoms with Crippen LogP contribution in [0.1, 0.15) is 26.7 Å². The molecule has 0 saturated heterocycles. The molecule has 0 spiro atoms. The second-order valence-electron chi connectivity index (χ2n) is 2.24. The molecule has 0 bridgehead atoms. The first-order valence-corrected chi connectivity index (χ1v) is 4.44. The Balaban J connectivity index is 0. The minimum absolute atomic E-state index is 0.775. The molecule has 0 rings (SSSR count). The summed E-state index contributed by atoms with van der Waals surface area (Å²) in [4.78, 5) is 0. The van der Waals surface area contributed by atoms with Crippen molar-refractivity contribution in [2.75, 3.05) is 26.2 Å². The number of nitrogens with two attached hydrogens (primary N) is 2. The SMILES string of the molecule is CCNCC.NCCCCN. The maximum absolute atomic E-state index is 5.16. The van der Waals surface area contributed by atoms with E-state index >= 15 is 0 Å². The van der Waals surface area contributed by atoms with E-state index < -0.39 is 0 Å². The van der Waals surface area contributed by atoms with Gasteiger partial charge in [-0.1, -0.05) is 13.8 Å². The Labute approximate surface area is 70.5 Å². The molecule has 5 N–H and O–H groups in total. The lowest BCUT2D eigenvalue weighted by atomic mass is 10.3. The van der Waals surface area contributed by atoms with Crippen molar-refractivity contribution in [1.82, 2.24) is 5.32 Å². The van der Waals surface area contributed by atoms with Crippen molar-refractivity contribution in [2.45, 2.75) is 26.7 Å². The first-order valence-electron chi connectivity index (χ1n) is 4.44. The van der Waals surface area contributed by atoms with Crippen molar-refractivity contribution in [3.05, 3.63) is 0 Å². The van der Waals surface area contributed by atoms with Gasteiger partial charge in [0.05, 0.1) is 0 Å². The Morgan fingerprint density at radius 1 is 0.909 bits per heavy atom. The largest absolute Gasteiger partial charge is 0.330 e. The molecule has 11 heavy (non-hydrogen) atoms. The van der Waals surface area contributed by atoms with Gasteiger partial charge in [-0.2, -0.15) is 0 Å². The van der Waals surface area contributed by atoms with E-state index in [1.807, 2.05) is 0 Å². The van der Waals surface area contributed by atoms with Crippen LogP contribution in [0.4, 0.5) is 0 Å². The zero-order valence-corrected chi connectivity index (χ0v) is 7.90. The second kappa shape index (κ2) is 16.5. The summed E-state index contributed by atoms with van der Waals surface area (Å²) in [5, 5.41) is 3.11. The van der Waals surface area contributed by atoms with Gasteiger partial charge in [0.25, 0.3) is 0 Å². The summed E-state index contributed by atoms with van der Waals surface area (Å²) in [5.74, 6) is 0. The quantitative estimate of drug-likeness (QED) is 0.508. The maximum atomic E-state index is 5.16. The fraction of sp³-hybridized carbons (Fsp3) is 1.00. The van der Waals surface area contributed by atoms with Crippen LogP contribution in [0.15, 0.2) is 0 Å². The molecule has 0 aromatic rings. The first kappa shape index (κ1) is 13.5. The molecule has 0 radical (unpaired) electrons. The third-order valence-electron chi connectivity index (χ3n) is 1.16. The van der Waals surface area contributed by atoms with Gasteiger partial charge in [0, 0.05) is 0 Å². The summed E-state index contributed by atoms with van der Waals surface area (Å²) in [5.41, 5.74) is 10.3. The molecule has 0 saturated carbocycles. The average molecular weight is 161 g/mol. The second-order valence-corrected chi connectivity index (χ2v) is 2.24. The van der Waals surface area contributed by atoms with Crippen LogP contribution < -0.4 is 16.8 Å². The van der Waals surface area contributed by atoms with E-state index in [-0.39, 0.29) is 0 Å². The third kappa shape index (κ3) is 25.8. The van der Waals surface area contributed by atoms with Gasteiger partial charge < -0.3 is 16.8 Å². The molecule has 3 heteroatoms. The van der Waals surface area contributed by atoms with E-state index in [1.165, 1.54) is 0 Å². The van der Waals surface area contributed by atoms with Gasteiger partial charge in [-0.15, -0.1) is 0 Å². The molecular weight excluding hydrogens is 138 g/mol. The summed E-state index contributed by atoms with van der Waals surface area (Å²) < 4.78 is 0. The predicted molar refractivity (Wildman–Crippen MR) is 51.6 cm³/mol. The third-order valence-corrected chi connectivity index (χ3v) is 1.16. The van der Waals surface area contributed by atoms with Crippen LogP contribution in [0.2, 0.25) is 0 Å². The zero-order valence-electron chi connectivity index (χ0n) is 7.90. The fourth-order valence-electron chi connectivity index (χ4n) is 0.539. The van der Waals surface area contributed by atoms with E-state index in [0.717, 1.165) is 39.0 Å². The van der Waals surface area contributed by atoms with Crippen molar-refractivity contribution < 1.29 is 0 Å². The summed E-state index contributed by atoms with van der Waals surface area (Å²) in [6.45, 7) is 7.94. The van der Waals surface area contributed by atoms with Crippen LogP contribution in [-0.2, 0) is 0 Å². The molecule has 70 valence electrons. The lowest BCUT2D eigenvalue weighted by Crippen LogP contribution is -2.09. The molecule has 0 aliphatic heterocycles. The molecular formula is C8H23N3. The van der Waals surface area contributed by atoms with Crippen LogP contribution in [-0.4, -0.2) is 26.2 Å². The Kier molecular flexibility index (Phi) is 20.2. The first-order chi connectivity index (χ1) is 5.33. The number of nitrogens with one attached hydrogen (secondary N) is 1. The molecule has 0 aromatic carbocycles. The highest BCUT2D eigenvalue weighted by Gasteiger charge is 1.75. The summed E-state index contributed by atoms with van der Waals surface area (Å²) in [6.07, 6.45) is 2.13. The smallest absolute Gasteiger partial charge is 0.00768 e. The highest BCUT2D eigenvalue weighted by atomic mass is 14.8. The maximum Gasteiger partial charge on any atom is -0.00768 e. The molecule has 0 unspecified atom stereocenters. The van der Waals surface area contributed by atoms with E-state index in [4.69, 9.17) is 11.5 Å². The number of rotatable bonds is 5. The van der Waals surface area contributed by atoms with E-state index in [0.29, 0.717) is 0 Å². The van der Waals surface area contributed by atoms with E-state index in [1.54, 1.807) is 0 Å². The van der Waals surface area contributed by atoms with Gasteiger partial charge in [-0.05, 0) is 39.0 Å². The monoisotopic (exact) mass is 161 g/mol. The molecule has 0 atom stereocenters. The van der Waals surface area contributed by atoms with Gasteiger partial charge in [-0.25, -0.2) is 0 Å². The summed E-state index contributed by atoms with van der Waals surface area (Å²) in [7, 11) is 0. The van der Waals surface area contributed by atoms with Gasteiger partial charge in [-0.3, -0.25) is 0 Å². The number of hydrogen-bond acceptors (Lipinski definition) is 3. The minimum atomic E-state index is 0.775. The molecule has 3 nitrogen and oxygen atoms in total. The van der Waals surface area contributed by atoms with Crippen molar-refractivity contribution >= 4 is 0 Å². The van der Waals surface area contributed by atoms with Crippen molar-refractivity contribution in [3.8, 4) is 0 Å². The average Bonchev–Trinajstić information content (AvgIpc) is 2.04. The number of unbranched alkanes of at least 4 members (excludes halogenated alkanes) is 1. The van der Waals surface area contributed by atoms with E-state index in [9.17, 15) is 0 Å². The molecule has 0 fully saturated rings. The van der Waals surface area contributed by atoms with Crippen LogP contribution in [0.5, 0.6) is 0 Å². The van der Waals surface area contributed by atoms with Crippen molar-refractivity contribution in [1.29, 1.82) is 0 Å². The molecule has 0 amide bonds. The number of hydrogen-bond donors (Lipinski definition) is 3. The van der Waals surface area contributed by atoms with Crippen LogP contribution in [0.3, 0.4) is 0 Å². The standard InChI is InChI=1S/C4H12N2.C4H11N/c5-3-1-2-4-6;1-3-5-4-2/h1-6H2;5H,3-4H2,1-2H3. The van der Waals surface area contributed by atoms with Crippen LogP contribution in [0.25, 0.3) is 0 Å². The summed E-state index contributed by atoms with van der Waals surface area (Å²) in [6, 6.07) is 0. The molecule has 0 aromatic heterocycles. The highest BCUT2D eigenvalue weighted by Crippen LogP contribution is 1.77. The Bertz CT molecular complexity index is 42.6. The Morgan fingerprint density at radius 2 is 1.27 bits per heavy atom. The Hall–Kier alpha value is -0.120. The normalized spacial score (nSPS) is 8.73. The van der Waals surface area contributed by atoms with Gasteiger partial charge in [0.15, 0.2) is 0 Å². The molecule has 0 aliphatic rings. The van der Waals surface area contributed by atoms with Gasteiger partial charge in [0.2, 0.25) is 0 Å². The molecule has 0 aliphatic carbocycles. The van der Waals surface area contributed by atoms with Gasteiger partial charge in [0.1, 0.15) is 0 Å². The van der Waals surface area contributed by atoms with Crippen molar-refractivity contribution in [2.24, 2.45) is 11.5 Å². The lowest BCUT2D eigenvalue weighted by molar-refractivity contribution is 0.755. The summed E-state index contributed by atoms with van der Waals surface area (Å²) >= 11 is 0. The topological polar surface area (TPSA) is 64.1 Å². The van der Waals surface area contributed by atoms with E-state index in [2.05, 4.69) is 19.2 Å². The fourth-order valence-corrected chi connectivity index (χ4v) is 0.539. The van der Waals surface area contributed by atoms with Crippen LogP contribution >= 0.6 is 0 Å². The van der Waals surface area contributed by atoms with Gasteiger partial charge >= 0.3 is 0 Å². The van der Waals surface area contributed by atoms with Crippen molar-refractivity contribution in [3.63, 3.8) is 0 Å². The Morgan fingerprint density at radius 3 is 1.36 bits per heavy atom. The minimum Gasteiger partial charge on any atom is -0.330 e. The molecule has 0 heterocycles. The predicted octanol–water partition coefficient (Wildman–Crippen LogP) is 0.300.